The minimum Gasteiger partial charge on any atom is -0.371 e. The van der Waals surface area contributed by atoms with Gasteiger partial charge in [0.05, 0.1) is 12.1 Å². The lowest BCUT2D eigenvalue weighted by atomic mass is 10.2. The number of benzene rings is 1. The number of carbonyl (C=O) groups excluding carboxylic acids is 2. The topological polar surface area (TPSA) is 49.4 Å². The molecular formula is C13H15FN2O2. The van der Waals surface area contributed by atoms with Crippen LogP contribution < -0.4 is 5.32 Å². The Morgan fingerprint density at radius 2 is 2.11 bits per heavy atom. The van der Waals surface area contributed by atoms with Crippen LogP contribution in [0.2, 0.25) is 0 Å². The number of hydrogen-bond donors (Lipinski definition) is 1. The summed E-state index contributed by atoms with van der Waals surface area (Å²) in [6.45, 7) is 2.32. The molecule has 1 heterocycles. The fourth-order valence-corrected chi connectivity index (χ4v) is 2.02. The van der Waals surface area contributed by atoms with Crippen LogP contribution in [-0.4, -0.2) is 29.3 Å². The molecule has 5 heteroatoms. The van der Waals surface area contributed by atoms with Gasteiger partial charge < -0.3 is 5.32 Å². The van der Waals surface area contributed by atoms with Gasteiger partial charge in [0.2, 0.25) is 5.91 Å². The van der Waals surface area contributed by atoms with Gasteiger partial charge in [-0.15, -0.1) is 0 Å². The van der Waals surface area contributed by atoms with E-state index in [9.17, 15) is 14.0 Å². The Morgan fingerprint density at radius 1 is 1.39 bits per heavy atom. The van der Waals surface area contributed by atoms with Crippen molar-refractivity contribution in [2.75, 3.05) is 11.9 Å². The summed E-state index contributed by atoms with van der Waals surface area (Å²) in [7, 11) is 0. The van der Waals surface area contributed by atoms with Crippen LogP contribution in [0.1, 0.15) is 19.8 Å². The Bertz CT molecular complexity index is 476. The van der Waals surface area contributed by atoms with Gasteiger partial charge in [-0.1, -0.05) is 19.1 Å². The zero-order chi connectivity index (χ0) is 13.1. The molecule has 0 bridgehead atoms. The Kier molecular flexibility index (Phi) is 3.60. The fraction of sp³-hybridized carbons (Fsp3) is 0.385. The van der Waals surface area contributed by atoms with Gasteiger partial charge in [0, 0.05) is 6.54 Å². The van der Waals surface area contributed by atoms with Crippen LogP contribution in [0.5, 0.6) is 0 Å². The number of nitrogens with zero attached hydrogens (tertiary/aromatic N) is 1. The highest BCUT2D eigenvalue weighted by Gasteiger charge is 2.38. The molecule has 0 spiro atoms. The van der Waals surface area contributed by atoms with Crippen LogP contribution >= 0.6 is 0 Å². The van der Waals surface area contributed by atoms with E-state index in [2.05, 4.69) is 5.32 Å². The molecule has 0 aromatic heterocycles. The van der Waals surface area contributed by atoms with E-state index >= 15 is 0 Å². The Hall–Kier alpha value is -1.91. The predicted molar refractivity (Wildman–Crippen MR) is 65.4 cm³/mol. The lowest BCUT2D eigenvalue weighted by Gasteiger charge is -2.15. The van der Waals surface area contributed by atoms with Crippen molar-refractivity contribution >= 4 is 17.5 Å². The van der Waals surface area contributed by atoms with Crippen molar-refractivity contribution in [1.82, 2.24) is 4.90 Å². The van der Waals surface area contributed by atoms with Crippen LogP contribution in [0.25, 0.3) is 0 Å². The first-order valence-electron chi connectivity index (χ1n) is 5.98. The Morgan fingerprint density at radius 3 is 2.78 bits per heavy atom. The summed E-state index contributed by atoms with van der Waals surface area (Å²) < 4.78 is 13.4. The lowest BCUT2D eigenvalue weighted by molar-refractivity contribution is -0.138. The van der Waals surface area contributed by atoms with E-state index in [1.807, 2.05) is 6.92 Å². The number of hydrogen-bond acceptors (Lipinski definition) is 3. The monoisotopic (exact) mass is 250 g/mol. The Labute approximate surface area is 105 Å². The minimum absolute atomic E-state index is 0.0904. The van der Waals surface area contributed by atoms with E-state index in [1.165, 1.54) is 11.0 Å². The second-order valence-corrected chi connectivity index (χ2v) is 4.26. The number of halogens is 1. The molecule has 1 atom stereocenters. The molecule has 2 rings (SSSR count). The molecule has 1 fully saturated rings. The van der Waals surface area contributed by atoms with Crippen LogP contribution in [0.3, 0.4) is 0 Å². The minimum atomic E-state index is -0.652. The van der Waals surface area contributed by atoms with Crippen LogP contribution in [-0.2, 0) is 9.59 Å². The van der Waals surface area contributed by atoms with Gasteiger partial charge in [-0.25, -0.2) is 4.39 Å². The summed E-state index contributed by atoms with van der Waals surface area (Å²) in [4.78, 5) is 24.8. The van der Waals surface area contributed by atoms with Crippen LogP contribution in [0.4, 0.5) is 10.1 Å². The molecule has 1 unspecified atom stereocenters. The van der Waals surface area contributed by atoms with Crippen molar-refractivity contribution in [3.8, 4) is 0 Å². The number of amides is 2. The van der Waals surface area contributed by atoms with Gasteiger partial charge in [0.25, 0.3) is 5.91 Å². The SMILES string of the molecule is CCCN1C(=O)CC(Nc2ccccc2F)C1=O. The molecule has 0 saturated carbocycles. The van der Waals surface area contributed by atoms with Crippen molar-refractivity contribution < 1.29 is 14.0 Å². The van der Waals surface area contributed by atoms with E-state index in [-0.39, 0.29) is 23.9 Å². The van der Waals surface area contributed by atoms with Gasteiger partial charge in [0.1, 0.15) is 11.9 Å². The van der Waals surface area contributed by atoms with Gasteiger partial charge in [0.15, 0.2) is 0 Å². The van der Waals surface area contributed by atoms with Crippen molar-refractivity contribution in [1.29, 1.82) is 0 Å². The van der Waals surface area contributed by atoms with Gasteiger partial charge >= 0.3 is 0 Å². The average Bonchev–Trinajstić information content (AvgIpc) is 2.60. The highest BCUT2D eigenvalue weighted by Crippen LogP contribution is 2.20. The molecule has 0 aliphatic carbocycles. The van der Waals surface area contributed by atoms with E-state index in [0.29, 0.717) is 6.54 Å². The van der Waals surface area contributed by atoms with E-state index in [4.69, 9.17) is 0 Å². The molecule has 1 aliphatic heterocycles. The number of anilines is 1. The smallest absolute Gasteiger partial charge is 0.252 e. The normalized spacial score (nSPS) is 19.4. The summed E-state index contributed by atoms with van der Waals surface area (Å²) in [6, 6.07) is 5.46. The zero-order valence-electron chi connectivity index (χ0n) is 10.1. The first-order chi connectivity index (χ1) is 8.63. The maximum absolute atomic E-state index is 13.4. The number of nitrogens with one attached hydrogen (secondary N) is 1. The third kappa shape index (κ3) is 2.34. The summed E-state index contributed by atoms with van der Waals surface area (Å²) in [6.07, 6.45) is 0.817. The largest absolute Gasteiger partial charge is 0.371 e. The molecule has 4 nitrogen and oxygen atoms in total. The van der Waals surface area contributed by atoms with E-state index in [1.54, 1.807) is 18.2 Å². The number of rotatable bonds is 4. The second-order valence-electron chi connectivity index (χ2n) is 4.26. The van der Waals surface area contributed by atoms with Gasteiger partial charge in [-0.05, 0) is 18.6 Å². The van der Waals surface area contributed by atoms with E-state index in [0.717, 1.165) is 6.42 Å². The van der Waals surface area contributed by atoms with Gasteiger partial charge in [-0.3, -0.25) is 14.5 Å². The fourth-order valence-electron chi connectivity index (χ4n) is 2.02. The molecule has 1 N–H and O–H groups in total. The first kappa shape index (κ1) is 12.5. The third-order valence-electron chi connectivity index (χ3n) is 2.89. The van der Waals surface area contributed by atoms with Crippen LogP contribution in [0.15, 0.2) is 24.3 Å². The highest BCUT2D eigenvalue weighted by molar-refractivity contribution is 6.06. The molecule has 0 radical (unpaired) electrons. The van der Waals surface area contributed by atoms with E-state index < -0.39 is 11.9 Å². The lowest BCUT2D eigenvalue weighted by Crippen LogP contribution is -2.35. The predicted octanol–water partition coefficient (Wildman–Crippen LogP) is 1.78. The second kappa shape index (κ2) is 5.16. The number of imide groups is 1. The molecule has 96 valence electrons. The van der Waals surface area contributed by atoms with Crippen molar-refractivity contribution in [2.24, 2.45) is 0 Å². The summed E-state index contributed by atoms with van der Waals surface area (Å²) in [5.41, 5.74) is 0.252. The van der Waals surface area contributed by atoms with Gasteiger partial charge in [-0.2, -0.15) is 0 Å². The maximum atomic E-state index is 13.4. The summed E-state index contributed by atoms with van der Waals surface area (Å²) in [5, 5.41) is 2.79. The Balaban J connectivity index is 2.10. The molecule has 18 heavy (non-hydrogen) atoms. The molecular weight excluding hydrogens is 235 g/mol. The van der Waals surface area contributed by atoms with Crippen molar-refractivity contribution in [3.05, 3.63) is 30.1 Å². The summed E-state index contributed by atoms with van der Waals surface area (Å²) in [5.74, 6) is -0.896. The molecule has 1 aromatic carbocycles. The maximum Gasteiger partial charge on any atom is 0.252 e. The number of para-hydroxylation sites is 1. The quantitative estimate of drug-likeness (QED) is 0.829. The van der Waals surface area contributed by atoms with Crippen molar-refractivity contribution in [2.45, 2.75) is 25.8 Å². The molecule has 1 aliphatic rings. The molecule has 1 aromatic rings. The zero-order valence-corrected chi connectivity index (χ0v) is 10.1. The third-order valence-corrected chi connectivity index (χ3v) is 2.89. The van der Waals surface area contributed by atoms with Crippen molar-refractivity contribution in [3.63, 3.8) is 0 Å². The standard InChI is InChI=1S/C13H15FN2O2/c1-2-7-16-12(17)8-11(13(16)18)15-10-6-4-3-5-9(10)14/h3-6,11,15H,2,7-8H2,1H3. The molecule has 2 amide bonds. The number of carbonyl (C=O) groups is 2. The van der Waals surface area contributed by atoms with Crippen LogP contribution in [0, 0.1) is 5.82 Å². The highest BCUT2D eigenvalue weighted by atomic mass is 19.1. The number of likely N-dealkylation sites (tertiary alicyclic amines) is 1. The summed E-state index contributed by atoms with van der Waals surface area (Å²) >= 11 is 0. The average molecular weight is 250 g/mol. The molecule has 1 saturated heterocycles. The first-order valence-corrected chi connectivity index (χ1v) is 5.98.